The molecule has 4 nitrogen and oxygen atoms in total. The quantitative estimate of drug-likeness (QED) is 0.503. The maximum absolute atomic E-state index is 11.0. The van der Waals surface area contributed by atoms with Crippen molar-refractivity contribution < 1.29 is 18.7 Å². The molecule has 0 amide bonds. The lowest BCUT2D eigenvalue weighted by atomic mass is 10.3. The van der Waals surface area contributed by atoms with E-state index in [4.69, 9.17) is 4.42 Å². The first-order chi connectivity index (χ1) is 5.79. The Balaban J connectivity index is 2.86. The van der Waals surface area contributed by atoms with Crippen LogP contribution in [0.5, 0.6) is 0 Å². The van der Waals surface area contributed by atoms with Crippen LogP contribution in [0, 0.1) is 0 Å². The number of hydrogen-bond acceptors (Lipinski definition) is 4. The Morgan fingerprint density at radius 1 is 1.75 bits per heavy atom. The van der Waals surface area contributed by atoms with Crippen molar-refractivity contribution >= 4 is 12.3 Å². The monoisotopic (exact) mass is 168 g/mol. The van der Waals surface area contributed by atoms with Crippen LogP contribution in [-0.2, 0) is 4.74 Å². The van der Waals surface area contributed by atoms with Crippen LogP contribution >= 0.6 is 0 Å². The number of aldehydes is 1. The number of esters is 1. The van der Waals surface area contributed by atoms with Crippen molar-refractivity contribution in [2.24, 2.45) is 0 Å². The third kappa shape index (κ3) is 1.53. The SMILES string of the molecule is CCOC(=O)c1occc1C=O. The van der Waals surface area contributed by atoms with Crippen LogP contribution in [-0.4, -0.2) is 18.9 Å². The van der Waals surface area contributed by atoms with Crippen molar-refractivity contribution in [1.29, 1.82) is 0 Å². The topological polar surface area (TPSA) is 56.5 Å². The van der Waals surface area contributed by atoms with Gasteiger partial charge in [-0.1, -0.05) is 0 Å². The Labute approximate surface area is 69.1 Å². The first kappa shape index (κ1) is 8.52. The summed E-state index contributed by atoms with van der Waals surface area (Å²) in [5.41, 5.74) is 0.216. The fraction of sp³-hybridized carbons (Fsp3) is 0.250. The van der Waals surface area contributed by atoms with Crippen LogP contribution in [0.15, 0.2) is 16.7 Å². The van der Waals surface area contributed by atoms with Gasteiger partial charge in [0.05, 0.1) is 18.4 Å². The summed E-state index contributed by atoms with van der Waals surface area (Å²) >= 11 is 0. The second-order valence-corrected chi connectivity index (χ2v) is 2.04. The Bertz CT molecular complexity index is 287. The molecule has 0 saturated heterocycles. The maximum Gasteiger partial charge on any atom is 0.374 e. The van der Waals surface area contributed by atoms with Crippen LogP contribution in [0.2, 0.25) is 0 Å². The minimum Gasteiger partial charge on any atom is -0.460 e. The second-order valence-electron chi connectivity index (χ2n) is 2.04. The van der Waals surface area contributed by atoms with E-state index in [1.54, 1.807) is 6.92 Å². The molecular weight excluding hydrogens is 160 g/mol. The summed E-state index contributed by atoms with van der Waals surface area (Å²) in [5.74, 6) is -0.642. The third-order valence-electron chi connectivity index (χ3n) is 1.28. The van der Waals surface area contributed by atoms with E-state index in [0.717, 1.165) is 0 Å². The fourth-order valence-corrected chi connectivity index (χ4v) is 0.775. The summed E-state index contributed by atoms with van der Waals surface area (Å²) in [6, 6.07) is 1.42. The number of hydrogen-bond donors (Lipinski definition) is 0. The first-order valence-corrected chi connectivity index (χ1v) is 3.49. The second kappa shape index (κ2) is 3.71. The Hall–Kier alpha value is -1.58. The summed E-state index contributed by atoms with van der Waals surface area (Å²) < 4.78 is 9.40. The molecule has 0 aliphatic heterocycles. The van der Waals surface area contributed by atoms with Gasteiger partial charge in [0, 0.05) is 0 Å². The zero-order valence-electron chi connectivity index (χ0n) is 6.57. The van der Waals surface area contributed by atoms with Crippen LogP contribution in [0.3, 0.4) is 0 Å². The van der Waals surface area contributed by atoms with Gasteiger partial charge in [0.25, 0.3) is 0 Å². The molecule has 12 heavy (non-hydrogen) atoms. The van der Waals surface area contributed by atoms with Crippen LogP contribution < -0.4 is 0 Å². The summed E-state index contributed by atoms with van der Waals surface area (Å²) in [4.78, 5) is 21.3. The van der Waals surface area contributed by atoms with Crippen molar-refractivity contribution in [3.05, 3.63) is 23.7 Å². The van der Waals surface area contributed by atoms with Crippen molar-refractivity contribution in [2.75, 3.05) is 6.61 Å². The van der Waals surface area contributed by atoms with E-state index in [0.29, 0.717) is 6.29 Å². The average Bonchev–Trinajstić information content (AvgIpc) is 2.51. The summed E-state index contributed by atoms with van der Waals surface area (Å²) in [5, 5.41) is 0. The molecule has 4 heteroatoms. The number of carbonyl (C=O) groups excluding carboxylic acids is 2. The molecule has 64 valence electrons. The van der Waals surface area contributed by atoms with Crippen molar-refractivity contribution in [2.45, 2.75) is 6.92 Å². The van der Waals surface area contributed by atoms with Gasteiger partial charge in [-0.3, -0.25) is 4.79 Å². The normalized spacial score (nSPS) is 9.42. The van der Waals surface area contributed by atoms with E-state index in [-0.39, 0.29) is 17.9 Å². The lowest BCUT2D eigenvalue weighted by Gasteiger charge is -1.97. The van der Waals surface area contributed by atoms with Gasteiger partial charge < -0.3 is 9.15 Å². The molecule has 0 saturated carbocycles. The van der Waals surface area contributed by atoms with Gasteiger partial charge in [-0.05, 0) is 13.0 Å². The molecule has 0 aliphatic carbocycles. The highest BCUT2D eigenvalue weighted by atomic mass is 16.5. The van der Waals surface area contributed by atoms with Gasteiger partial charge in [0.2, 0.25) is 5.76 Å². The van der Waals surface area contributed by atoms with Gasteiger partial charge in [0.1, 0.15) is 0 Å². The molecule has 1 aromatic heterocycles. The number of ether oxygens (including phenoxy) is 1. The molecule has 0 aliphatic rings. The van der Waals surface area contributed by atoms with Crippen LogP contribution in [0.25, 0.3) is 0 Å². The van der Waals surface area contributed by atoms with E-state index in [9.17, 15) is 9.59 Å². The van der Waals surface area contributed by atoms with Gasteiger partial charge in [0.15, 0.2) is 6.29 Å². The fourth-order valence-electron chi connectivity index (χ4n) is 0.775. The van der Waals surface area contributed by atoms with E-state index >= 15 is 0 Å². The molecule has 0 unspecified atom stereocenters. The molecule has 1 rings (SSSR count). The molecule has 1 heterocycles. The van der Waals surface area contributed by atoms with Gasteiger partial charge in [-0.25, -0.2) is 4.79 Å². The number of carbonyl (C=O) groups is 2. The Morgan fingerprint density at radius 2 is 2.50 bits per heavy atom. The minimum atomic E-state index is -0.607. The summed E-state index contributed by atoms with van der Waals surface area (Å²) in [7, 11) is 0. The predicted molar refractivity (Wildman–Crippen MR) is 40.1 cm³/mol. The Morgan fingerprint density at radius 3 is 3.08 bits per heavy atom. The molecule has 1 aromatic rings. The predicted octanol–water partition coefficient (Wildman–Crippen LogP) is 1.27. The summed E-state index contributed by atoms with van der Waals surface area (Å²) in [6.45, 7) is 1.94. The average molecular weight is 168 g/mol. The molecule has 0 bridgehead atoms. The van der Waals surface area contributed by atoms with Gasteiger partial charge >= 0.3 is 5.97 Å². The zero-order chi connectivity index (χ0) is 8.97. The van der Waals surface area contributed by atoms with E-state index in [1.807, 2.05) is 0 Å². The van der Waals surface area contributed by atoms with E-state index < -0.39 is 5.97 Å². The molecular formula is C8H8O4. The smallest absolute Gasteiger partial charge is 0.374 e. The first-order valence-electron chi connectivity index (χ1n) is 3.49. The Kier molecular flexibility index (Phi) is 2.63. The third-order valence-corrected chi connectivity index (χ3v) is 1.28. The largest absolute Gasteiger partial charge is 0.460 e. The molecule has 0 radical (unpaired) electrons. The maximum atomic E-state index is 11.0. The zero-order valence-corrected chi connectivity index (χ0v) is 6.57. The van der Waals surface area contributed by atoms with Crippen LogP contribution in [0.1, 0.15) is 27.8 Å². The lowest BCUT2D eigenvalue weighted by molar-refractivity contribution is 0.0487. The number of furan rings is 1. The van der Waals surface area contributed by atoms with E-state index in [2.05, 4.69) is 4.74 Å². The lowest BCUT2D eigenvalue weighted by Crippen LogP contribution is -2.05. The highest BCUT2D eigenvalue weighted by molar-refractivity contribution is 5.95. The molecule has 0 N–H and O–H groups in total. The molecule has 0 fully saturated rings. The van der Waals surface area contributed by atoms with Gasteiger partial charge in [-0.15, -0.1) is 0 Å². The molecule has 0 spiro atoms. The highest BCUT2D eigenvalue weighted by Crippen LogP contribution is 2.08. The van der Waals surface area contributed by atoms with Crippen molar-refractivity contribution in [3.8, 4) is 0 Å². The molecule has 0 aromatic carbocycles. The number of rotatable bonds is 3. The summed E-state index contributed by atoms with van der Waals surface area (Å²) in [6.07, 6.45) is 1.83. The van der Waals surface area contributed by atoms with Crippen molar-refractivity contribution in [3.63, 3.8) is 0 Å². The van der Waals surface area contributed by atoms with Crippen LogP contribution in [0.4, 0.5) is 0 Å². The standard InChI is InChI=1S/C8H8O4/c1-2-11-8(10)7-6(5-9)3-4-12-7/h3-5H,2H2,1H3. The van der Waals surface area contributed by atoms with Crippen molar-refractivity contribution in [1.82, 2.24) is 0 Å². The van der Waals surface area contributed by atoms with Gasteiger partial charge in [-0.2, -0.15) is 0 Å². The van der Waals surface area contributed by atoms with E-state index in [1.165, 1.54) is 12.3 Å². The molecule has 0 atom stereocenters. The minimum absolute atomic E-state index is 0.0353. The highest BCUT2D eigenvalue weighted by Gasteiger charge is 2.15.